The SMILES string of the molecule is Cc1cc(NC2Cc3cccc(F)c3C2)n2nc(C(C)(F)F)nc2n1. The first kappa shape index (κ1) is 15.9. The predicted octanol–water partition coefficient (Wildman–Crippen LogP) is 3.26. The molecule has 0 aliphatic heterocycles. The molecule has 1 aromatic carbocycles. The molecule has 1 atom stereocenters. The molecule has 4 rings (SSSR count). The van der Waals surface area contributed by atoms with Crippen LogP contribution in [0.1, 0.15) is 29.6 Å². The van der Waals surface area contributed by atoms with Gasteiger partial charge < -0.3 is 5.32 Å². The summed E-state index contributed by atoms with van der Waals surface area (Å²) < 4.78 is 42.2. The van der Waals surface area contributed by atoms with Gasteiger partial charge in [-0.25, -0.2) is 9.37 Å². The quantitative estimate of drug-likeness (QED) is 0.790. The summed E-state index contributed by atoms with van der Waals surface area (Å²) in [5, 5.41) is 7.16. The summed E-state index contributed by atoms with van der Waals surface area (Å²) in [6.07, 6.45) is 1.18. The minimum Gasteiger partial charge on any atom is -0.366 e. The second-order valence-corrected chi connectivity index (χ2v) is 6.45. The van der Waals surface area contributed by atoms with Gasteiger partial charge in [-0.15, -0.1) is 5.10 Å². The Bertz CT molecular complexity index is 961. The Labute approximate surface area is 141 Å². The zero-order valence-corrected chi connectivity index (χ0v) is 13.7. The maximum Gasteiger partial charge on any atom is 0.305 e. The minimum absolute atomic E-state index is 0.0494. The highest BCUT2D eigenvalue weighted by Crippen LogP contribution is 2.28. The third-order valence-corrected chi connectivity index (χ3v) is 4.32. The van der Waals surface area contributed by atoms with E-state index in [-0.39, 0.29) is 17.6 Å². The van der Waals surface area contributed by atoms with Crippen molar-refractivity contribution in [3.8, 4) is 0 Å². The minimum atomic E-state index is -3.15. The largest absolute Gasteiger partial charge is 0.366 e. The fourth-order valence-corrected chi connectivity index (χ4v) is 3.19. The van der Waals surface area contributed by atoms with Crippen molar-refractivity contribution < 1.29 is 13.2 Å². The molecule has 0 radical (unpaired) electrons. The standard InChI is InChI=1S/C17H16F3N5/c1-9-6-14(25-16(21-9)23-15(24-25)17(2,19)20)22-11-7-10-4-3-5-13(18)12(10)8-11/h3-6,11,22H,7-8H2,1-2H3. The number of hydrogen-bond acceptors (Lipinski definition) is 4. The molecule has 1 aliphatic rings. The lowest BCUT2D eigenvalue weighted by Gasteiger charge is -2.14. The third-order valence-electron chi connectivity index (χ3n) is 4.32. The zero-order valence-electron chi connectivity index (χ0n) is 13.7. The second kappa shape index (κ2) is 5.44. The van der Waals surface area contributed by atoms with Crippen molar-refractivity contribution in [3.63, 3.8) is 0 Å². The summed E-state index contributed by atoms with van der Waals surface area (Å²) in [5.74, 6) is -3.31. The summed E-state index contributed by atoms with van der Waals surface area (Å²) in [4.78, 5) is 7.98. The average Bonchev–Trinajstić information content (AvgIpc) is 3.11. The van der Waals surface area contributed by atoms with Gasteiger partial charge in [0.2, 0.25) is 5.82 Å². The maximum absolute atomic E-state index is 13.9. The molecular weight excluding hydrogens is 331 g/mol. The van der Waals surface area contributed by atoms with Gasteiger partial charge in [0, 0.05) is 24.7 Å². The van der Waals surface area contributed by atoms with Gasteiger partial charge in [-0.3, -0.25) is 0 Å². The summed E-state index contributed by atoms with van der Waals surface area (Å²) >= 11 is 0. The molecule has 5 nitrogen and oxygen atoms in total. The van der Waals surface area contributed by atoms with Crippen LogP contribution in [0.3, 0.4) is 0 Å². The lowest BCUT2D eigenvalue weighted by Crippen LogP contribution is -2.22. The second-order valence-electron chi connectivity index (χ2n) is 6.45. The molecule has 0 saturated heterocycles. The lowest BCUT2D eigenvalue weighted by atomic mass is 10.1. The van der Waals surface area contributed by atoms with Crippen LogP contribution < -0.4 is 5.32 Å². The number of hydrogen-bond donors (Lipinski definition) is 1. The van der Waals surface area contributed by atoms with Crippen LogP contribution in [-0.2, 0) is 18.8 Å². The van der Waals surface area contributed by atoms with Crippen LogP contribution in [-0.4, -0.2) is 25.6 Å². The van der Waals surface area contributed by atoms with E-state index in [1.807, 2.05) is 6.07 Å². The van der Waals surface area contributed by atoms with Gasteiger partial charge in [0.25, 0.3) is 5.78 Å². The maximum atomic E-state index is 13.9. The molecule has 8 heteroatoms. The van der Waals surface area contributed by atoms with Crippen LogP contribution in [0.2, 0.25) is 0 Å². The third kappa shape index (κ3) is 2.81. The molecule has 25 heavy (non-hydrogen) atoms. The number of halogens is 3. The van der Waals surface area contributed by atoms with Gasteiger partial charge in [-0.2, -0.15) is 18.3 Å². The Morgan fingerprint density at radius 3 is 2.76 bits per heavy atom. The van der Waals surface area contributed by atoms with E-state index in [9.17, 15) is 13.2 Å². The monoisotopic (exact) mass is 347 g/mol. The van der Waals surface area contributed by atoms with Gasteiger partial charge in [0.05, 0.1) is 0 Å². The van der Waals surface area contributed by atoms with Crippen molar-refractivity contribution in [2.45, 2.75) is 38.7 Å². The Balaban J connectivity index is 1.68. The van der Waals surface area contributed by atoms with E-state index >= 15 is 0 Å². The molecule has 0 spiro atoms. The van der Waals surface area contributed by atoms with Crippen molar-refractivity contribution in [2.75, 3.05) is 5.32 Å². The van der Waals surface area contributed by atoms with Crippen LogP contribution in [0.25, 0.3) is 5.78 Å². The van der Waals surface area contributed by atoms with Gasteiger partial charge in [-0.1, -0.05) is 12.1 Å². The van der Waals surface area contributed by atoms with Gasteiger partial charge >= 0.3 is 5.92 Å². The number of nitrogens with one attached hydrogen (secondary N) is 1. The first-order chi connectivity index (χ1) is 11.8. The predicted molar refractivity (Wildman–Crippen MR) is 86.3 cm³/mol. The topological polar surface area (TPSA) is 55.1 Å². The number of rotatable bonds is 3. The van der Waals surface area contributed by atoms with Crippen molar-refractivity contribution in [1.29, 1.82) is 0 Å². The van der Waals surface area contributed by atoms with Crippen LogP contribution in [0, 0.1) is 12.7 Å². The van der Waals surface area contributed by atoms with Gasteiger partial charge in [0.1, 0.15) is 11.6 Å². The van der Waals surface area contributed by atoms with Crippen LogP contribution in [0.4, 0.5) is 19.0 Å². The van der Waals surface area contributed by atoms with Gasteiger partial charge in [0.15, 0.2) is 0 Å². The molecule has 130 valence electrons. The van der Waals surface area contributed by atoms with Crippen LogP contribution >= 0.6 is 0 Å². The number of fused-ring (bicyclic) bond motifs is 2. The van der Waals surface area contributed by atoms with Crippen molar-refractivity contribution in [2.24, 2.45) is 0 Å². The number of nitrogens with zero attached hydrogens (tertiary/aromatic N) is 4. The first-order valence-electron chi connectivity index (χ1n) is 7.97. The average molecular weight is 347 g/mol. The normalized spacial score (nSPS) is 17.1. The fraction of sp³-hybridized carbons (Fsp3) is 0.353. The van der Waals surface area contributed by atoms with E-state index in [1.165, 1.54) is 10.6 Å². The highest BCUT2D eigenvalue weighted by molar-refractivity contribution is 5.48. The molecule has 1 N–H and O–H groups in total. The van der Waals surface area contributed by atoms with Crippen LogP contribution in [0.5, 0.6) is 0 Å². The molecular formula is C17H16F3N5. The number of aromatic nitrogens is 4. The Morgan fingerprint density at radius 2 is 2.04 bits per heavy atom. The van der Waals surface area contributed by atoms with Crippen molar-refractivity contribution >= 4 is 11.6 Å². The van der Waals surface area contributed by atoms with E-state index in [0.717, 1.165) is 12.5 Å². The molecule has 1 unspecified atom stereocenters. The number of benzene rings is 1. The van der Waals surface area contributed by atoms with E-state index in [4.69, 9.17) is 0 Å². The molecule has 2 aromatic heterocycles. The summed E-state index contributed by atoms with van der Waals surface area (Å²) in [6.45, 7) is 2.50. The summed E-state index contributed by atoms with van der Waals surface area (Å²) in [5.41, 5.74) is 2.29. The first-order valence-corrected chi connectivity index (χ1v) is 7.97. The highest BCUT2D eigenvalue weighted by atomic mass is 19.3. The van der Waals surface area contributed by atoms with E-state index in [1.54, 1.807) is 19.1 Å². The molecule has 0 bridgehead atoms. The number of alkyl halides is 2. The number of aryl methyl sites for hydroxylation is 1. The molecule has 1 aliphatic carbocycles. The van der Waals surface area contributed by atoms with E-state index in [0.29, 0.717) is 29.9 Å². The highest BCUT2D eigenvalue weighted by Gasteiger charge is 2.31. The molecule has 0 amide bonds. The Hall–Kier alpha value is -2.64. The number of anilines is 1. The molecule has 0 fully saturated rings. The molecule has 0 saturated carbocycles. The van der Waals surface area contributed by atoms with Crippen molar-refractivity contribution in [3.05, 3.63) is 52.7 Å². The Morgan fingerprint density at radius 1 is 1.24 bits per heavy atom. The van der Waals surface area contributed by atoms with Crippen LogP contribution in [0.15, 0.2) is 24.3 Å². The van der Waals surface area contributed by atoms with E-state index in [2.05, 4.69) is 20.4 Å². The summed E-state index contributed by atoms with van der Waals surface area (Å²) in [6, 6.07) is 6.71. The fourth-order valence-electron chi connectivity index (χ4n) is 3.19. The summed E-state index contributed by atoms with van der Waals surface area (Å²) in [7, 11) is 0. The Kier molecular flexibility index (Phi) is 3.45. The molecule has 2 heterocycles. The molecule has 3 aromatic rings. The smallest absolute Gasteiger partial charge is 0.305 e. The lowest BCUT2D eigenvalue weighted by molar-refractivity contribution is 0.00800. The zero-order chi connectivity index (χ0) is 17.8. The van der Waals surface area contributed by atoms with Crippen molar-refractivity contribution in [1.82, 2.24) is 19.6 Å². The van der Waals surface area contributed by atoms with Gasteiger partial charge in [-0.05, 0) is 37.0 Å². The van der Waals surface area contributed by atoms with E-state index < -0.39 is 11.7 Å².